The van der Waals surface area contributed by atoms with Gasteiger partial charge in [-0.2, -0.15) is 0 Å². The molecule has 1 aromatic heterocycles. The number of nitrogens with one attached hydrogen (secondary N) is 1. The van der Waals surface area contributed by atoms with Gasteiger partial charge in [-0.3, -0.25) is 0 Å². The van der Waals surface area contributed by atoms with E-state index in [9.17, 15) is 4.39 Å². The minimum absolute atomic E-state index is 0.272. The molecule has 0 saturated carbocycles. The third kappa shape index (κ3) is 3.99. The van der Waals surface area contributed by atoms with E-state index < -0.39 is 5.82 Å². The number of nitrogens with zero attached hydrogens (tertiary/aromatic N) is 2. The van der Waals surface area contributed by atoms with E-state index in [1.54, 1.807) is 11.3 Å². The molecule has 0 bridgehead atoms. The van der Waals surface area contributed by atoms with Gasteiger partial charge in [0.15, 0.2) is 5.13 Å². The van der Waals surface area contributed by atoms with Gasteiger partial charge >= 0.3 is 0 Å². The molecule has 3 nitrogen and oxygen atoms in total. The zero-order valence-electron chi connectivity index (χ0n) is 11.8. The SMILES string of the molecule is CCN(CC)c1ncc(CNc2c(Cl)cc(F)cc2Cl)s1. The van der Waals surface area contributed by atoms with Crippen LogP contribution in [0.25, 0.3) is 0 Å². The second-order valence-corrected chi connectivity index (χ2v) is 6.29. The lowest BCUT2D eigenvalue weighted by Gasteiger charge is -2.16. The van der Waals surface area contributed by atoms with Gasteiger partial charge < -0.3 is 10.2 Å². The Labute approximate surface area is 137 Å². The average molecular weight is 348 g/mol. The van der Waals surface area contributed by atoms with Gasteiger partial charge in [-0.05, 0) is 26.0 Å². The molecular weight excluding hydrogens is 332 g/mol. The van der Waals surface area contributed by atoms with Crippen LogP contribution in [0, 0.1) is 5.82 Å². The van der Waals surface area contributed by atoms with Crippen LogP contribution in [0.5, 0.6) is 0 Å². The topological polar surface area (TPSA) is 28.2 Å². The second-order valence-electron chi connectivity index (χ2n) is 4.38. The molecule has 0 aliphatic rings. The van der Waals surface area contributed by atoms with Crippen molar-refractivity contribution in [3.05, 3.63) is 39.1 Å². The summed E-state index contributed by atoms with van der Waals surface area (Å²) in [6, 6.07) is 2.48. The number of benzene rings is 1. The summed E-state index contributed by atoms with van der Waals surface area (Å²) in [5.74, 6) is -0.447. The molecule has 0 aliphatic heterocycles. The van der Waals surface area contributed by atoms with Crippen LogP contribution in [0.15, 0.2) is 18.3 Å². The van der Waals surface area contributed by atoms with Gasteiger partial charge in [0.05, 0.1) is 22.3 Å². The molecule has 0 atom stereocenters. The number of thiazole rings is 1. The Bertz CT molecular complexity index is 591. The van der Waals surface area contributed by atoms with E-state index in [0.717, 1.165) is 23.1 Å². The number of aromatic nitrogens is 1. The molecule has 2 rings (SSSR count). The predicted molar refractivity (Wildman–Crippen MR) is 89.4 cm³/mol. The van der Waals surface area contributed by atoms with Crippen LogP contribution in [0.4, 0.5) is 15.2 Å². The van der Waals surface area contributed by atoms with Gasteiger partial charge in [-0.15, -0.1) is 11.3 Å². The van der Waals surface area contributed by atoms with E-state index in [0.29, 0.717) is 12.2 Å². The molecule has 0 fully saturated rings. The molecule has 0 aliphatic carbocycles. The molecule has 21 heavy (non-hydrogen) atoms. The van der Waals surface area contributed by atoms with Gasteiger partial charge in [0.2, 0.25) is 0 Å². The molecule has 1 heterocycles. The number of hydrogen-bond acceptors (Lipinski definition) is 4. The summed E-state index contributed by atoms with van der Waals surface area (Å²) in [7, 11) is 0. The fraction of sp³-hybridized carbons (Fsp3) is 0.357. The first-order valence-corrected chi connectivity index (χ1v) is 8.20. The highest BCUT2D eigenvalue weighted by molar-refractivity contribution is 7.15. The largest absolute Gasteiger partial charge is 0.378 e. The molecule has 0 spiro atoms. The Kier molecular flexibility index (Phi) is 5.67. The van der Waals surface area contributed by atoms with Crippen molar-refractivity contribution < 1.29 is 4.39 Å². The van der Waals surface area contributed by atoms with E-state index >= 15 is 0 Å². The fourth-order valence-electron chi connectivity index (χ4n) is 1.91. The van der Waals surface area contributed by atoms with Crippen molar-refractivity contribution in [2.75, 3.05) is 23.3 Å². The molecule has 114 valence electrons. The highest BCUT2D eigenvalue weighted by Gasteiger charge is 2.11. The normalized spacial score (nSPS) is 10.7. The smallest absolute Gasteiger partial charge is 0.185 e. The maximum atomic E-state index is 13.1. The lowest BCUT2D eigenvalue weighted by atomic mass is 10.3. The van der Waals surface area contributed by atoms with Crippen LogP contribution in [0.3, 0.4) is 0 Å². The summed E-state index contributed by atoms with van der Waals surface area (Å²) in [5.41, 5.74) is 0.539. The summed E-state index contributed by atoms with van der Waals surface area (Å²) in [6.07, 6.45) is 1.83. The standard InChI is InChI=1S/C14H16Cl2FN3S/c1-3-20(4-2)14-19-8-10(21-14)7-18-13-11(15)5-9(17)6-12(13)16/h5-6,8,18H,3-4,7H2,1-2H3. The zero-order chi connectivity index (χ0) is 15.4. The summed E-state index contributed by atoms with van der Waals surface area (Å²) in [4.78, 5) is 7.66. The summed E-state index contributed by atoms with van der Waals surface area (Å²) >= 11 is 13.6. The highest BCUT2D eigenvalue weighted by atomic mass is 35.5. The van der Waals surface area contributed by atoms with Gasteiger partial charge in [0, 0.05) is 24.2 Å². The number of anilines is 2. The van der Waals surface area contributed by atoms with Crippen molar-refractivity contribution in [3.8, 4) is 0 Å². The van der Waals surface area contributed by atoms with Crippen LogP contribution in [0.2, 0.25) is 10.0 Å². The number of rotatable bonds is 6. The maximum absolute atomic E-state index is 13.1. The Morgan fingerprint density at radius 3 is 2.43 bits per heavy atom. The van der Waals surface area contributed by atoms with Gasteiger partial charge in [0.25, 0.3) is 0 Å². The lowest BCUT2D eigenvalue weighted by Crippen LogP contribution is -2.21. The fourth-order valence-corrected chi connectivity index (χ4v) is 3.48. The van der Waals surface area contributed by atoms with Crippen molar-refractivity contribution in [2.24, 2.45) is 0 Å². The molecule has 0 saturated heterocycles. The van der Waals surface area contributed by atoms with E-state index in [1.807, 2.05) is 6.20 Å². The Morgan fingerprint density at radius 2 is 1.86 bits per heavy atom. The molecule has 0 amide bonds. The quantitative estimate of drug-likeness (QED) is 0.792. The van der Waals surface area contributed by atoms with E-state index in [2.05, 4.69) is 29.0 Å². The minimum atomic E-state index is -0.447. The Morgan fingerprint density at radius 1 is 1.24 bits per heavy atom. The zero-order valence-corrected chi connectivity index (χ0v) is 14.1. The first-order chi connectivity index (χ1) is 10.0. The molecule has 1 N–H and O–H groups in total. The predicted octanol–water partition coefficient (Wildman–Crippen LogP) is 5.05. The third-order valence-electron chi connectivity index (χ3n) is 3.02. The molecule has 0 unspecified atom stereocenters. The highest BCUT2D eigenvalue weighted by Crippen LogP contribution is 2.32. The molecule has 1 aromatic carbocycles. The van der Waals surface area contributed by atoms with Crippen molar-refractivity contribution >= 4 is 45.4 Å². The summed E-state index contributed by atoms with van der Waals surface area (Å²) in [6.45, 7) is 6.59. The number of hydrogen-bond donors (Lipinski definition) is 1. The van der Waals surface area contributed by atoms with Crippen LogP contribution in [-0.2, 0) is 6.54 Å². The monoisotopic (exact) mass is 347 g/mol. The Balaban J connectivity index is 2.07. The first kappa shape index (κ1) is 16.3. The van der Waals surface area contributed by atoms with Crippen LogP contribution in [-0.4, -0.2) is 18.1 Å². The molecule has 0 radical (unpaired) electrons. The van der Waals surface area contributed by atoms with Crippen molar-refractivity contribution in [2.45, 2.75) is 20.4 Å². The molecular formula is C14H16Cl2FN3S. The third-order valence-corrected chi connectivity index (χ3v) is 4.68. The van der Waals surface area contributed by atoms with Crippen LogP contribution >= 0.6 is 34.5 Å². The maximum Gasteiger partial charge on any atom is 0.185 e. The average Bonchev–Trinajstić information content (AvgIpc) is 2.87. The summed E-state index contributed by atoms with van der Waals surface area (Å²) < 4.78 is 13.1. The van der Waals surface area contributed by atoms with E-state index in [1.165, 1.54) is 12.1 Å². The summed E-state index contributed by atoms with van der Waals surface area (Å²) in [5, 5.41) is 4.67. The molecule has 2 aromatic rings. The van der Waals surface area contributed by atoms with E-state index in [-0.39, 0.29) is 10.0 Å². The van der Waals surface area contributed by atoms with Gasteiger partial charge in [0.1, 0.15) is 5.82 Å². The van der Waals surface area contributed by atoms with Crippen LogP contribution in [0.1, 0.15) is 18.7 Å². The van der Waals surface area contributed by atoms with Crippen LogP contribution < -0.4 is 10.2 Å². The van der Waals surface area contributed by atoms with Gasteiger partial charge in [-0.25, -0.2) is 9.37 Å². The second kappa shape index (κ2) is 7.29. The van der Waals surface area contributed by atoms with Crippen molar-refractivity contribution in [3.63, 3.8) is 0 Å². The van der Waals surface area contributed by atoms with Gasteiger partial charge in [-0.1, -0.05) is 23.2 Å². The first-order valence-electron chi connectivity index (χ1n) is 6.63. The number of halogens is 3. The van der Waals surface area contributed by atoms with E-state index in [4.69, 9.17) is 23.2 Å². The lowest BCUT2D eigenvalue weighted by molar-refractivity contribution is 0.628. The van der Waals surface area contributed by atoms with Crippen molar-refractivity contribution in [1.82, 2.24) is 4.98 Å². The van der Waals surface area contributed by atoms with Crippen molar-refractivity contribution in [1.29, 1.82) is 0 Å². The minimum Gasteiger partial charge on any atom is -0.378 e. The Hall–Kier alpha value is -1.04. The molecule has 7 heteroatoms.